The Morgan fingerprint density at radius 1 is 0.680 bits per heavy atom. The molecular formula is C39H40N4O7. The fourth-order valence-electron chi connectivity index (χ4n) is 5.43. The Balaban J connectivity index is 1.28. The summed E-state index contributed by atoms with van der Waals surface area (Å²) in [5, 5.41) is 6.07. The van der Waals surface area contributed by atoms with Crippen LogP contribution in [-0.2, 0) is 38.3 Å². The number of nitrogens with one attached hydrogen (secondary N) is 2. The van der Waals surface area contributed by atoms with Crippen LogP contribution in [0.2, 0.25) is 0 Å². The molecule has 1 aliphatic heterocycles. The Hall–Kier alpha value is -5.97. The minimum atomic E-state index is -0.897. The van der Waals surface area contributed by atoms with Crippen LogP contribution in [0.3, 0.4) is 0 Å². The summed E-state index contributed by atoms with van der Waals surface area (Å²) in [5.41, 5.74) is 5.15. The second-order valence-electron chi connectivity index (χ2n) is 11.7. The average molecular weight is 677 g/mol. The van der Waals surface area contributed by atoms with E-state index in [1.807, 2.05) is 54.6 Å². The number of rotatable bonds is 14. The van der Waals surface area contributed by atoms with E-state index >= 15 is 0 Å². The standard InChI is InChI=1S/C39H40N4O7/c1-27-35(49-38(45)47-22-8-14-29-12-6-20-40-24-29)34(32-16-18-33(19-17-32)37(44)42-26-31-10-4-3-5-11-31)36(28(2)43-27)50-39(46)48-23-9-15-30-13-7-21-41-25-30/h3-7,10-13,16-21,24-25,34,43H,8-9,14-15,22-23,26H2,1-2H3,(H,42,44). The summed E-state index contributed by atoms with van der Waals surface area (Å²) < 4.78 is 22.4. The number of aryl methyl sites for hydroxylation is 2. The van der Waals surface area contributed by atoms with Gasteiger partial charge in [-0.2, -0.15) is 0 Å². The second-order valence-corrected chi connectivity index (χ2v) is 11.7. The van der Waals surface area contributed by atoms with Crippen LogP contribution >= 0.6 is 0 Å². The molecule has 0 atom stereocenters. The molecule has 0 bridgehead atoms. The van der Waals surface area contributed by atoms with Gasteiger partial charge in [0.1, 0.15) is 17.4 Å². The van der Waals surface area contributed by atoms with E-state index in [9.17, 15) is 14.4 Å². The number of pyridine rings is 2. The summed E-state index contributed by atoms with van der Waals surface area (Å²) in [5.74, 6) is -0.701. The molecule has 1 amide bonds. The number of carbonyl (C=O) groups excluding carboxylic acids is 3. The molecule has 50 heavy (non-hydrogen) atoms. The summed E-state index contributed by atoms with van der Waals surface area (Å²) in [4.78, 5) is 47.1. The van der Waals surface area contributed by atoms with E-state index in [1.165, 1.54) is 0 Å². The number of allylic oxidation sites excluding steroid dienone is 2. The quantitative estimate of drug-likeness (QED) is 0.105. The third kappa shape index (κ3) is 10.3. The fourth-order valence-corrected chi connectivity index (χ4v) is 5.43. The molecular weight excluding hydrogens is 636 g/mol. The molecule has 0 radical (unpaired) electrons. The van der Waals surface area contributed by atoms with Gasteiger partial charge in [0.2, 0.25) is 0 Å². The zero-order chi connectivity index (χ0) is 35.1. The first kappa shape index (κ1) is 35.3. The van der Waals surface area contributed by atoms with Crippen LogP contribution in [0.1, 0.15) is 65.2 Å². The molecule has 11 nitrogen and oxygen atoms in total. The summed E-state index contributed by atoms with van der Waals surface area (Å²) in [6, 6.07) is 24.0. The van der Waals surface area contributed by atoms with Gasteiger partial charge in [0, 0.05) is 36.9 Å². The third-order valence-electron chi connectivity index (χ3n) is 7.93. The molecule has 11 heteroatoms. The van der Waals surface area contributed by atoms with E-state index in [0.717, 1.165) is 16.7 Å². The highest BCUT2D eigenvalue weighted by atomic mass is 16.7. The summed E-state index contributed by atoms with van der Waals surface area (Å²) in [7, 11) is 0. The maximum atomic E-state index is 13.0. The molecule has 0 aliphatic carbocycles. The number of amides is 1. The predicted octanol–water partition coefficient (Wildman–Crippen LogP) is 7.13. The predicted molar refractivity (Wildman–Crippen MR) is 185 cm³/mol. The van der Waals surface area contributed by atoms with Crippen molar-refractivity contribution in [3.8, 4) is 0 Å². The molecule has 0 saturated heterocycles. The number of nitrogens with zero attached hydrogens (tertiary/aromatic N) is 2. The number of hydrogen-bond acceptors (Lipinski definition) is 10. The molecule has 3 heterocycles. The lowest BCUT2D eigenvalue weighted by Crippen LogP contribution is -2.29. The highest BCUT2D eigenvalue weighted by Gasteiger charge is 2.35. The maximum absolute atomic E-state index is 13.0. The van der Waals surface area contributed by atoms with Gasteiger partial charge in [-0.3, -0.25) is 14.8 Å². The number of benzene rings is 2. The van der Waals surface area contributed by atoms with E-state index in [2.05, 4.69) is 20.6 Å². The highest BCUT2D eigenvalue weighted by Crippen LogP contribution is 2.39. The lowest BCUT2D eigenvalue weighted by atomic mass is 9.90. The number of hydrogen-bond donors (Lipinski definition) is 2. The van der Waals surface area contributed by atoms with Gasteiger partial charge in [-0.05, 0) is 86.1 Å². The van der Waals surface area contributed by atoms with Gasteiger partial charge in [-0.1, -0.05) is 54.6 Å². The van der Waals surface area contributed by atoms with Crippen LogP contribution in [0.4, 0.5) is 9.59 Å². The minimum absolute atomic E-state index is 0.133. The molecule has 0 saturated carbocycles. The van der Waals surface area contributed by atoms with E-state index in [1.54, 1.807) is 62.9 Å². The molecule has 2 N–H and O–H groups in total. The van der Waals surface area contributed by atoms with Crippen LogP contribution in [0.15, 0.2) is 127 Å². The maximum Gasteiger partial charge on any atom is 0.513 e. The van der Waals surface area contributed by atoms with Gasteiger partial charge in [0.25, 0.3) is 5.91 Å². The van der Waals surface area contributed by atoms with Gasteiger partial charge in [-0.15, -0.1) is 0 Å². The molecule has 4 aromatic rings. The normalized spacial score (nSPS) is 12.9. The van der Waals surface area contributed by atoms with Gasteiger partial charge in [0.15, 0.2) is 0 Å². The van der Waals surface area contributed by atoms with Crippen molar-refractivity contribution in [3.63, 3.8) is 0 Å². The SMILES string of the molecule is CC1=C(OC(=O)OCCCc2cccnc2)C(c2ccc(C(=O)NCc3ccccc3)cc2)C(OC(=O)OCCCc2cccnc2)=C(C)N1. The molecule has 258 valence electrons. The second kappa shape index (κ2) is 18.0. The van der Waals surface area contributed by atoms with Crippen molar-refractivity contribution in [2.24, 2.45) is 0 Å². The lowest BCUT2D eigenvalue weighted by molar-refractivity contribution is 0.0601. The summed E-state index contributed by atoms with van der Waals surface area (Å²) >= 11 is 0. The van der Waals surface area contributed by atoms with E-state index in [0.29, 0.717) is 54.7 Å². The Morgan fingerprint density at radius 2 is 1.20 bits per heavy atom. The monoisotopic (exact) mass is 676 g/mol. The average Bonchev–Trinajstić information content (AvgIpc) is 3.14. The number of carbonyl (C=O) groups is 3. The summed E-state index contributed by atoms with van der Waals surface area (Å²) in [6.07, 6.45) is 7.67. The van der Waals surface area contributed by atoms with Gasteiger partial charge < -0.3 is 29.6 Å². The van der Waals surface area contributed by atoms with Crippen molar-refractivity contribution in [2.45, 2.75) is 52.0 Å². The Bertz CT molecular complexity index is 1710. The van der Waals surface area contributed by atoms with Crippen molar-refractivity contribution in [1.82, 2.24) is 20.6 Å². The van der Waals surface area contributed by atoms with Crippen molar-refractivity contribution in [3.05, 3.63) is 154 Å². The van der Waals surface area contributed by atoms with E-state index in [4.69, 9.17) is 18.9 Å². The molecule has 0 spiro atoms. The van der Waals surface area contributed by atoms with Crippen molar-refractivity contribution >= 4 is 18.2 Å². The largest absolute Gasteiger partial charge is 0.513 e. The molecule has 2 aromatic carbocycles. The molecule has 0 unspecified atom stereocenters. The van der Waals surface area contributed by atoms with Gasteiger partial charge >= 0.3 is 12.3 Å². The Morgan fingerprint density at radius 3 is 1.70 bits per heavy atom. The fraction of sp³-hybridized carbons (Fsp3) is 0.256. The van der Waals surface area contributed by atoms with Gasteiger partial charge in [-0.25, -0.2) is 9.59 Å². The highest BCUT2D eigenvalue weighted by molar-refractivity contribution is 5.94. The topological polar surface area (TPSA) is 138 Å². The van der Waals surface area contributed by atoms with Crippen LogP contribution in [0, 0.1) is 0 Å². The Labute approximate surface area is 291 Å². The molecule has 5 rings (SSSR count). The third-order valence-corrected chi connectivity index (χ3v) is 7.93. The Kier molecular flexibility index (Phi) is 12.7. The molecule has 1 aliphatic rings. The van der Waals surface area contributed by atoms with E-state index in [-0.39, 0.29) is 30.6 Å². The number of aromatic nitrogens is 2. The van der Waals surface area contributed by atoms with E-state index < -0.39 is 18.2 Å². The number of dihydropyridines is 1. The minimum Gasteiger partial charge on any atom is -0.434 e. The summed E-state index contributed by atoms with van der Waals surface area (Å²) in [6.45, 7) is 4.15. The van der Waals surface area contributed by atoms with Crippen LogP contribution in [0.25, 0.3) is 0 Å². The number of ether oxygens (including phenoxy) is 4. The first-order valence-corrected chi connectivity index (χ1v) is 16.4. The first-order valence-electron chi connectivity index (χ1n) is 16.4. The molecule has 2 aromatic heterocycles. The van der Waals surface area contributed by atoms with Crippen molar-refractivity contribution in [1.29, 1.82) is 0 Å². The first-order chi connectivity index (χ1) is 24.4. The van der Waals surface area contributed by atoms with Crippen LogP contribution in [0.5, 0.6) is 0 Å². The molecule has 0 fully saturated rings. The zero-order valence-electron chi connectivity index (χ0n) is 28.1. The van der Waals surface area contributed by atoms with Crippen LogP contribution < -0.4 is 10.6 Å². The van der Waals surface area contributed by atoms with Crippen LogP contribution in [-0.4, -0.2) is 41.4 Å². The zero-order valence-corrected chi connectivity index (χ0v) is 28.1. The smallest absolute Gasteiger partial charge is 0.434 e. The van der Waals surface area contributed by atoms with Crippen molar-refractivity contribution < 1.29 is 33.3 Å². The lowest BCUT2D eigenvalue weighted by Gasteiger charge is -2.30. The van der Waals surface area contributed by atoms with Crippen molar-refractivity contribution in [2.75, 3.05) is 13.2 Å². The van der Waals surface area contributed by atoms with Gasteiger partial charge in [0.05, 0.1) is 24.6 Å².